The molecular weight excluding hydrogens is 577 g/mol. The maximum absolute atomic E-state index is 14.1. The summed E-state index contributed by atoms with van der Waals surface area (Å²) in [4.78, 5) is 33.3. The Balaban J connectivity index is 2.08. The minimum atomic E-state index is -1.76. The monoisotopic (exact) mass is 617 g/mol. The third-order valence-corrected chi connectivity index (χ3v) is 8.05. The largest absolute Gasteiger partial charge is 0.461 e. The van der Waals surface area contributed by atoms with E-state index in [-0.39, 0.29) is 55.2 Å². The highest BCUT2D eigenvalue weighted by molar-refractivity contribution is 7.29. The second-order valence-corrected chi connectivity index (χ2v) is 10.7. The number of allylic oxidation sites excluding steroid dienone is 2. The van der Waals surface area contributed by atoms with Gasteiger partial charge < -0.3 is 23.5 Å². The average molecular weight is 618 g/mol. The number of nitro benzene ring substituents is 1. The Bertz CT molecular complexity index is 1340. The molecule has 43 heavy (non-hydrogen) atoms. The van der Waals surface area contributed by atoms with Gasteiger partial charge in [-0.15, -0.1) is 0 Å². The number of rotatable bonds is 17. The van der Waals surface area contributed by atoms with Gasteiger partial charge in [0, 0.05) is 50.3 Å². The van der Waals surface area contributed by atoms with Crippen molar-refractivity contribution in [1.82, 2.24) is 9.96 Å². The lowest BCUT2D eigenvalue weighted by Gasteiger charge is -2.44. The maximum atomic E-state index is 14.1. The summed E-state index contributed by atoms with van der Waals surface area (Å²) < 4.78 is 35.6. The van der Waals surface area contributed by atoms with E-state index in [1.165, 1.54) is 37.5 Å². The van der Waals surface area contributed by atoms with E-state index in [2.05, 4.69) is 0 Å². The molecule has 0 fully saturated rings. The molecule has 13 heteroatoms. The van der Waals surface area contributed by atoms with Crippen molar-refractivity contribution in [1.29, 1.82) is 0 Å². The van der Waals surface area contributed by atoms with Crippen LogP contribution in [0, 0.1) is 10.1 Å². The molecule has 0 amide bonds. The summed E-state index contributed by atoms with van der Waals surface area (Å²) in [6, 6.07) is 15.7. The van der Waals surface area contributed by atoms with E-state index in [1.807, 2.05) is 42.3 Å². The third kappa shape index (κ3) is 8.17. The lowest BCUT2D eigenvalue weighted by Crippen LogP contribution is -2.45. The van der Waals surface area contributed by atoms with Crippen molar-refractivity contribution in [2.45, 2.75) is 26.0 Å². The van der Waals surface area contributed by atoms with Crippen molar-refractivity contribution < 1.29 is 38.1 Å². The number of non-ortho nitro benzene ring substituents is 1. The number of nitro groups is 1. The molecule has 1 heterocycles. The number of hydroxylamine groups is 2. The number of benzene rings is 2. The molecule has 0 aliphatic carbocycles. The SMILES string of the molecule is COCCON1C(C)=C([PH2]=O)C(OCCOC)(c2cccc([N+](=O)[O-])c2)C(C(=O)OCCN(C)Cc2ccccc2)=C1C. The Labute approximate surface area is 253 Å². The normalized spacial score (nSPS) is 17.4. The smallest absolute Gasteiger partial charge is 0.339 e. The summed E-state index contributed by atoms with van der Waals surface area (Å²) >= 11 is 0. The zero-order valence-corrected chi connectivity index (χ0v) is 26.4. The van der Waals surface area contributed by atoms with Crippen molar-refractivity contribution in [2.24, 2.45) is 0 Å². The summed E-state index contributed by atoms with van der Waals surface area (Å²) in [6.45, 7) is 5.06. The van der Waals surface area contributed by atoms with Gasteiger partial charge in [0.1, 0.15) is 6.61 Å². The van der Waals surface area contributed by atoms with Crippen LogP contribution in [0.1, 0.15) is 25.0 Å². The van der Waals surface area contributed by atoms with Gasteiger partial charge in [-0.2, -0.15) is 0 Å². The van der Waals surface area contributed by atoms with Crippen LogP contribution in [-0.2, 0) is 45.3 Å². The molecule has 0 aromatic heterocycles. The predicted molar refractivity (Wildman–Crippen MR) is 162 cm³/mol. The first-order valence-electron chi connectivity index (χ1n) is 13.8. The summed E-state index contributed by atoms with van der Waals surface area (Å²) in [5.41, 5.74) is 0.182. The molecule has 3 rings (SSSR count). The van der Waals surface area contributed by atoms with Crippen molar-refractivity contribution in [3.63, 3.8) is 0 Å². The fraction of sp³-hybridized carbons (Fsp3) is 0.433. The number of hydrogen-bond donors (Lipinski definition) is 0. The highest BCUT2D eigenvalue weighted by atomic mass is 31.1. The Morgan fingerprint density at radius 3 is 2.33 bits per heavy atom. The van der Waals surface area contributed by atoms with E-state index in [9.17, 15) is 19.5 Å². The highest BCUT2D eigenvalue weighted by Crippen LogP contribution is 2.52. The van der Waals surface area contributed by atoms with Gasteiger partial charge in [0.2, 0.25) is 0 Å². The van der Waals surface area contributed by atoms with Crippen molar-refractivity contribution in [2.75, 3.05) is 60.8 Å². The van der Waals surface area contributed by atoms with Gasteiger partial charge in [-0.05, 0) is 26.5 Å². The van der Waals surface area contributed by atoms with Crippen molar-refractivity contribution >= 4 is 20.1 Å². The third-order valence-electron chi connectivity index (χ3n) is 6.99. The molecular formula is C30H40N3O9P. The fourth-order valence-corrected chi connectivity index (χ4v) is 5.81. The molecule has 2 atom stereocenters. The quantitative estimate of drug-likeness (QED) is 0.0829. The van der Waals surface area contributed by atoms with Crippen LogP contribution < -0.4 is 0 Å². The average Bonchev–Trinajstić information content (AvgIpc) is 2.99. The molecule has 2 aromatic carbocycles. The van der Waals surface area contributed by atoms with Crippen molar-refractivity contribution in [3.8, 4) is 0 Å². The van der Waals surface area contributed by atoms with Gasteiger partial charge in [0.25, 0.3) is 5.69 Å². The summed E-state index contributed by atoms with van der Waals surface area (Å²) in [6.07, 6.45) is 0. The van der Waals surface area contributed by atoms with Crippen LogP contribution in [0.4, 0.5) is 5.69 Å². The van der Waals surface area contributed by atoms with Gasteiger partial charge in [-0.25, -0.2) is 9.86 Å². The molecule has 0 saturated heterocycles. The molecule has 0 N–H and O–H groups in total. The lowest BCUT2D eigenvalue weighted by molar-refractivity contribution is -0.385. The van der Waals surface area contributed by atoms with E-state index in [0.29, 0.717) is 24.5 Å². The molecule has 0 bridgehead atoms. The first-order valence-corrected chi connectivity index (χ1v) is 14.8. The number of likely N-dealkylation sites (N-methyl/N-ethyl adjacent to an activating group) is 1. The molecule has 1 aliphatic rings. The topological polar surface area (TPSA) is 130 Å². The Kier molecular flexibility index (Phi) is 13.1. The molecule has 0 saturated carbocycles. The van der Waals surface area contributed by atoms with Crippen LogP contribution in [0.2, 0.25) is 0 Å². The molecule has 0 spiro atoms. The first-order chi connectivity index (χ1) is 20.7. The Morgan fingerprint density at radius 1 is 0.977 bits per heavy atom. The maximum Gasteiger partial charge on any atom is 0.339 e. The number of carbonyl (C=O) groups excluding carboxylic acids is 1. The first kappa shape index (κ1) is 34.1. The fourth-order valence-electron chi connectivity index (χ4n) is 4.96. The van der Waals surface area contributed by atoms with Gasteiger partial charge >= 0.3 is 5.97 Å². The van der Waals surface area contributed by atoms with E-state index >= 15 is 0 Å². The second kappa shape index (κ2) is 16.5. The van der Waals surface area contributed by atoms with Crippen LogP contribution in [0.25, 0.3) is 0 Å². The van der Waals surface area contributed by atoms with Crippen LogP contribution in [0.3, 0.4) is 0 Å². The number of methoxy groups -OCH3 is 2. The molecule has 1 aliphatic heterocycles. The van der Waals surface area contributed by atoms with Crippen molar-refractivity contribution in [3.05, 3.63) is 98.1 Å². The number of carbonyl (C=O) groups is 1. The zero-order chi connectivity index (χ0) is 31.4. The van der Waals surface area contributed by atoms with Gasteiger partial charge in [0.15, 0.2) is 5.60 Å². The second-order valence-electron chi connectivity index (χ2n) is 9.89. The summed E-state index contributed by atoms with van der Waals surface area (Å²) in [5, 5.41) is 13.4. The van der Waals surface area contributed by atoms with E-state index in [0.717, 1.165) is 5.56 Å². The van der Waals surface area contributed by atoms with Gasteiger partial charge in [-0.3, -0.25) is 19.9 Å². The summed E-state index contributed by atoms with van der Waals surface area (Å²) in [5.74, 6) is -0.729. The molecule has 0 radical (unpaired) electrons. The number of nitrogens with zero attached hydrogens (tertiary/aromatic N) is 3. The molecule has 234 valence electrons. The molecule has 2 aromatic rings. The van der Waals surface area contributed by atoms with Crippen LogP contribution in [-0.4, -0.2) is 81.7 Å². The van der Waals surface area contributed by atoms with Gasteiger partial charge in [-0.1, -0.05) is 42.5 Å². The summed E-state index contributed by atoms with van der Waals surface area (Å²) in [7, 11) is 3.25. The number of hydrogen-bond acceptors (Lipinski definition) is 11. The Morgan fingerprint density at radius 2 is 1.67 bits per heavy atom. The zero-order valence-electron chi connectivity index (χ0n) is 25.2. The molecule has 12 nitrogen and oxygen atoms in total. The Hall–Kier alpha value is -3.38. The predicted octanol–water partition coefficient (Wildman–Crippen LogP) is 4.28. The van der Waals surface area contributed by atoms with E-state index < -0.39 is 25.0 Å². The van der Waals surface area contributed by atoms with Crippen LogP contribution in [0.5, 0.6) is 0 Å². The van der Waals surface area contributed by atoms with Crippen LogP contribution in [0.15, 0.2) is 76.9 Å². The van der Waals surface area contributed by atoms with Gasteiger partial charge in [0.05, 0.1) is 56.8 Å². The minimum Gasteiger partial charge on any atom is -0.461 e. The number of esters is 1. The lowest BCUT2D eigenvalue weighted by atomic mass is 9.81. The standard InChI is InChI=1S/C30H40N3O9P/c1-22-27(29(34)40-15-14-31(3)21-24-10-7-6-8-11-24)30(41-18-16-38-4,25-12-9-13-26(20-25)33(35)36)28(43-37)23(2)32(22)42-19-17-39-5/h6-13,20H,14-19,21,43H2,1-5H3. The molecule has 2 unspecified atom stereocenters. The van der Waals surface area contributed by atoms with Crippen LogP contribution >= 0.6 is 8.46 Å². The number of ether oxygens (including phenoxy) is 4. The van der Waals surface area contributed by atoms with E-state index in [1.54, 1.807) is 19.9 Å². The minimum absolute atomic E-state index is 0.0101. The van der Waals surface area contributed by atoms with E-state index in [4.69, 9.17) is 23.8 Å². The highest BCUT2D eigenvalue weighted by Gasteiger charge is 2.52.